The molecule has 26 heavy (non-hydrogen) atoms. The van der Waals surface area contributed by atoms with Gasteiger partial charge in [-0.3, -0.25) is 4.79 Å². The van der Waals surface area contributed by atoms with E-state index in [2.05, 4.69) is 45.1 Å². The molecule has 0 saturated carbocycles. The fraction of sp³-hybridized carbons (Fsp3) is 0.368. The first-order valence-electron chi connectivity index (χ1n) is 9.07. The van der Waals surface area contributed by atoms with Gasteiger partial charge in [-0.1, -0.05) is 0 Å². The number of thiophene rings is 1. The highest BCUT2D eigenvalue weighted by atomic mass is 32.1. The van der Waals surface area contributed by atoms with Gasteiger partial charge in [-0.25, -0.2) is 4.98 Å². The number of anilines is 2. The number of hydrogen-bond donors (Lipinski definition) is 3. The number of aromatic nitrogens is 1. The van der Waals surface area contributed by atoms with E-state index in [1.165, 1.54) is 0 Å². The van der Waals surface area contributed by atoms with E-state index in [-0.39, 0.29) is 11.9 Å². The molecular weight excluding hydrogens is 346 g/mol. The number of fused-ring (bicyclic) bond motifs is 5. The molecule has 2 aromatic heterocycles. The fourth-order valence-corrected chi connectivity index (χ4v) is 4.88. The molecule has 0 aliphatic carbocycles. The summed E-state index contributed by atoms with van der Waals surface area (Å²) in [4.78, 5) is 20.5. The van der Waals surface area contributed by atoms with Gasteiger partial charge in [0, 0.05) is 54.2 Å². The minimum atomic E-state index is 0.0113. The van der Waals surface area contributed by atoms with Crippen molar-refractivity contribution in [2.24, 2.45) is 0 Å². The molecule has 1 aromatic carbocycles. The third kappa shape index (κ3) is 2.50. The molecule has 6 nitrogen and oxygen atoms in total. The number of nitrogens with one attached hydrogen (secondary N) is 3. The molecule has 5 rings (SSSR count). The molecule has 0 bridgehead atoms. The van der Waals surface area contributed by atoms with Crippen LogP contribution in [0.4, 0.5) is 11.5 Å². The number of piperazine rings is 1. The van der Waals surface area contributed by atoms with Crippen molar-refractivity contribution in [2.45, 2.75) is 13.0 Å². The van der Waals surface area contributed by atoms with Crippen LogP contribution in [-0.2, 0) is 0 Å². The van der Waals surface area contributed by atoms with E-state index in [0.717, 1.165) is 70.1 Å². The average molecular weight is 367 g/mol. The van der Waals surface area contributed by atoms with Crippen molar-refractivity contribution in [2.75, 3.05) is 42.9 Å². The highest BCUT2D eigenvalue weighted by Crippen LogP contribution is 2.41. The van der Waals surface area contributed by atoms with Crippen molar-refractivity contribution in [3.8, 4) is 0 Å². The summed E-state index contributed by atoms with van der Waals surface area (Å²) in [5, 5.41) is 12.1. The molecule has 2 aliphatic heterocycles. The summed E-state index contributed by atoms with van der Waals surface area (Å²) in [6, 6.07) is 8.54. The first-order chi connectivity index (χ1) is 12.7. The third-order valence-corrected chi connectivity index (χ3v) is 6.27. The van der Waals surface area contributed by atoms with E-state index < -0.39 is 0 Å². The minimum absolute atomic E-state index is 0.0113. The Morgan fingerprint density at radius 1 is 1.19 bits per heavy atom. The summed E-state index contributed by atoms with van der Waals surface area (Å²) < 4.78 is 1.12. The maximum atomic E-state index is 12.5. The summed E-state index contributed by atoms with van der Waals surface area (Å²) in [5.41, 5.74) is 1.93. The van der Waals surface area contributed by atoms with Crippen LogP contribution in [0.1, 0.15) is 16.6 Å². The van der Waals surface area contributed by atoms with Gasteiger partial charge in [-0.2, -0.15) is 0 Å². The predicted molar refractivity (Wildman–Crippen MR) is 108 cm³/mol. The largest absolute Gasteiger partial charge is 0.381 e. The number of amides is 1. The van der Waals surface area contributed by atoms with Gasteiger partial charge in [0.1, 0.15) is 10.7 Å². The second-order valence-electron chi connectivity index (χ2n) is 6.97. The van der Waals surface area contributed by atoms with Crippen molar-refractivity contribution < 1.29 is 4.79 Å². The third-order valence-electron chi connectivity index (χ3n) is 5.12. The first kappa shape index (κ1) is 15.8. The molecule has 3 aromatic rings. The lowest BCUT2D eigenvalue weighted by atomic mass is 10.1. The van der Waals surface area contributed by atoms with E-state index in [4.69, 9.17) is 4.98 Å². The van der Waals surface area contributed by atoms with Crippen LogP contribution >= 0.6 is 11.3 Å². The zero-order chi connectivity index (χ0) is 17.7. The van der Waals surface area contributed by atoms with Crippen LogP contribution in [0.15, 0.2) is 24.3 Å². The highest BCUT2D eigenvalue weighted by molar-refractivity contribution is 7.21. The number of nitrogens with zero attached hydrogens (tertiary/aromatic N) is 2. The zero-order valence-electron chi connectivity index (χ0n) is 14.6. The maximum Gasteiger partial charge on any atom is 0.263 e. The normalized spacial score (nSPS) is 20.6. The van der Waals surface area contributed by atoms with Crippen LogP contribution in [0.2, 0.25) is 0 Å². The van der Waals surface area contributed by atoms with E-state index in [0.29, 0.717) is 0 Å². The summed E-state index contributed by atoms with van der Waals surface area (Å²) in [7, 11) is 0. The lowest BCUT2D eigenvalue weighted by molar-refractivity contribution is 0.0949. The van der Waals surface area contributed by atoms with Crippen molar-refractivity contribution in [1.29, 1.82) is 0 Å². The molecule has 1 saturated heterocycles. The van der Waals surface area contributed by atoms with Crippen LogP contribution in [0.5, 0.6) is 0 Å². The van der Waals surface area contributed by atoms with Gasteiger partial charge < -0.3 is 20.9 Å². The molecule has 4 heterocycles. The van der Waals surface area contributed by atoms with Crippen molar-refractivity contribution >= 4 is 49.7 Å². The van der Waals surface area contributed by atoms with Gasteiger partial charge in [-0.05, 0) is 31.2 Å². The number of pyridine rings is 1. The summed E-state index contributed by atoms with van der Waals surface area (Å²) >= 11 is 1.55. The molecule has 0 radical (unpaired) electrons. The second-order valence-corrected chi connectivity index (χ2v) is 8.03. The first-order valence-corrected chi connectivity index (χ1v) is 9.89. The van der Waals surface area contributed by atoms with E-state index in [1.54, 1.807) is 11.3 Å². The lowest BCUT2D eigenvalue weighted by Crippen LogP contribution is -2.43. The zero-order valence-corrected chi connectivity index (χ0v) is 15.4. The molecule has 0 spiro atoms. The number of rotatable bonds is 1. The van der Waals surface area contributed by atoms with Crippen molar-refractivity contribution in [1.82, 2.24) is 15.6 Å². The quantitative estimate of drug-likeness (QED) is 0.616. The van der Waals surface area contributed by atoms with E-state index in [1.807, 2.05) is 6.92 Å². The SMILES string of the molecule is CC1CNc2c(sc3ccc4nc(N5CCNCC5)ccc4c23)C(=O)N1. The molecule has 134 valence electrons. The Hall–Kier alpha value is -2.38. The number of carbonyl (C=O) groups is 1. The molecule has 1 amide bonds. The molecule has 2 aliphatic rings. The lowest BCUT2D eigenvalue weighted by Gasteiger charge is -2.28. The number of benzene rings is 1. The number of hydrogen-bond acceptors (Lipinski definition) is 6. The van der Waals surface area contributed by atoms with Crippen LogP contribution < -0.4 is 20.9 Å². The molecule has 1 unspecified atom stereocenters. The van der Waals surface area contributed by atoms with E-state index in [9.17, 15) is 4.79 Å². The van der Waals surface area contributed by atoms with Crippen LogP contribution in [-0.4, -0.2) is 49.7 Å². The van der Waals surface area contributed by atoms with Crippen LogP contribution in [0.3, 0.4) is 0 Å². The smallest absolute Gasteiger partial charge is 0.263 e. The van der Waals surface area contributed by atoms with Gasteiger partial charge in [0.2, 0.25) is 0 Å². The Bertz CT molecular complexity index is 1010. The topological polar surface area (TPSA) is 69.3 Å². The Morgan fingerprint density at radius 2 is 2.04 bits per heavy atom. The predicted octanol–water partition coefficient (Wildman–Crippen LogP) is 2.40. The molecule has 7 heteroatoms. The van der Waals surface area contributed by atoms with Crippen LogP contribution in [0, 0.1) is 0 Å². The average Bonchev–Trinajstić information content (AvgIpc) is 2.99. The Kier molecular flexibility index (Phi) is 3.72. The maximum absolute atomic E-state index is 12.5. The van der Waals surface area contributed by atoms with Gasteiger partial charge in [0.25, 0.3) is 5.91 Å². The Balaban J connectivity index is 1.66. The monoisotopic (exact) mass is 367 g/mol. The van der Waals surface area contributed by atoms with Gasteiger partial charge in [-0.15, -0.1) is 11.3 Å². The standard InChI is InChI=1S/C19H21N5OS/c1-11-10-21-17-16-12-2-5-15(24-8-6-20-7-9-24)23-13(12)3-4-14(16)26-18(17)19(25)22-11/h2-5,11,20-21H,6-10H2,1H3,(H,22,25). The Morgan fingerprint density at radius 3 is 2.88 bits per heavy atom. The summed E-state index contributed by atoms with van der Waals surface area (Å²) in [6.45, 7) is 6.70. The van der Waals surface area contributed by atoms with Crippen molar-refractivity contribution in [3.63, 3.8) is 0 Å². The summed E-state index contributed by atoms with van der Waals surface area (Å²) in [6.07, 6.45) is 0. The Labute approximate surface area is 155 Å². The molecule has 1 fully saturated rings. The molecule has 1 atom stereocenters. The van der Waals surface area contributed by atoms with Gasteiger partial charge >= 0.3 is 0 Å². The fourth-order valence-electron chi connectivity index (χ4n) is 3.78. The van der Waals surface area contributed by atoms with Gasteiger partial charge in [0.15, 0.2) is 0 Å². The molecular formula is C19H21N5OS. The number of carbonyl (C=O) groups excluding carboxylic acids is 1. The second kappa shape index (κ2) is 6.10. The van der Waals surface area contributed by atoms with Crippen LogP contribution in [0.25, 0.3) is 21.0 Å². The highest BCUT2D eigenvalue weighted by Gasteiger charge is 2.25. The van der Waals surface area contributed by atoms with Gasteiger partial charge in [0.05, 0.1) is 11.2 Å². The van der Waals surface area contributed by atoms with E-state index >= 15 is 0 Å². The summed E-state index contributed by atoms with van der Waals surface area (Å²) in [5.74, 6) is 1.04. The molecule has 3 N–H and O–H groups in total. The van der Waals surface area contributed by atoms with Crippen molar-refractivity contribution in [3.05, 3.63) is 29.1 Å². The minimum Gasteiger partial charge on any atom is -0.381 e.